The number of benzene rings is 1. The molecule has 0 saturated carbocycles. The summed E-state index contributed by atoms with van der Waals surface area (Å²) in [6, 6.07) is 5.24. The molecule has 3 amide bonds. The first-order valence-corrected chi connectivity index (χ1v) is 9.07. The minimum atomic E-state index is -0.563. The van der Waals surface area contributed by atoms with E-state index in [9.17, 15) is 14.4 Å². The Kier molecular flexibility index (Phi) is 4.71. The molecule has 1 aromatic rings. The minimum absolute atomic E-state index is 0.115. The molecule has 3 aliphatic rings. The van der Waals surface area contributed by atoms with Crippen molar-refractivity contribution in [1.29, 1.82) is 0 Å². The van der Waals surface area contributed by atoms with Gasteiger partial charge in [0, 0.05) is 51.3 Å². The van der Waals surface area contributed by atoms with Crippen molar-refractivity contribution in [1.82, 2.24) is 26.0 Å². The van der Waals surface area contributed by atoms with Crippen LogP contribution in [0.1, 0.15) is 34.3 Å². The van der Waals surface area contributed by atoms with Gasteiger partial charge in [-0.25, -0.2) is 0 Å². The standard InChI is InChI=1S/C18H23N5O3/c24-16-5-4-15(17(25)21-16)23-11-14-12(2-1-3-13(14)18(23)26)10-22-8-6-19-20-7-9-22/h1-3,15,19-20H,4-11H2,(H,21,24,25). The Hall–Kier alpha value is -2.29. The maximum absolute atomic E-state index is 12.8. The SMILES string of the molecule is O=C1CCC(N2Cc3c(CN4CCNNCC4)cccc3C2=O)C(=O)N1. The van der Waals surface area contributed by atoms with Crippen molar-refractivity contribution >= 4 is 17.7 Å². The molecule has 2 saturated heterocycles. The molecular formula is C18H23N5O3. The topological polar surface area (TPSA) is 93.8 Å². The van der Waals surface area contributed by atoms with Crippen LogP contribution >= 0.6 is 0 Å². The predicted octanol–water partition coefficient (Wildman–Crippen LogP) is -0.643. The number of amides is 3. The number of nitrogens with zero attached hydrogens (tertiary/aromatic N) is 2. The molecule has 8 nitrogen and oxygen atoms in total. The quantitative estimate of drug-likeness (QED) is 0.623. The number of hydrazine groups is 1. The highest BCUT2D eigenvalue weighted by Gasteiger charge is 2.39. The van der Waals surface area contributed by atoms with Gasteiger partial charge in [0.2, 0.25) is 11.8 Å². The lowest BCUT2D eigenvalue weighted by molar-refractivity contribution is -0.136. The number of carbonyl (C=O) groups excluding carboxylic acids is 3. The molecule has 1 aromatic carbocycles. The Morgan fingerprint density at radius 3 is 2.58 bits per heavy atom. The van der Waals surface area contributed by atoms with Gasteiger partial charge in [0.1, 0.15) is 6.04 Å². The minimum Gasteiger partial charge on any atom is -0.322 e. The Morgan fingerprint density at radius 1 is 1.08 bits per heavy atom. The molecule has 8 heteroatoms. The zero-order chi connectivity index (χ0) is 18.1. The van der Waals surface area contributed by atoms with Gasteiger partial charge >= 0.3 is 0 Å². The van der Waals surface area contributed by atoms with E-state index >= 15 is 0 Å². The molecule has 138 valence electrons. The van der Waals surface area contributed by atoms with Gasteiger partial charge in [0.15, 0.2) is 0 Å². The molecule has 1 unspecified atom stereocenters. The van der Waals surface area contributed by atoms with Crippen LogP contribution in [0.15, 0.2) is 18.2 Å². The van der Waals surface area contributed by atoms with Crippen LogP contribution in [0.5, 0.6) is 0 Å². The third kappa shape index (κ3) is 3.23. The second-order valence-electron chi connectivity index (χ2n) is 6.97. The fourth-order valence-corrected chi connectivity index (χ4v) is 3.91. The first kappa shape index (κ1) is 17.1. The average molecular weight is 357 g/mol. The molecule has 0 spiro atoms. The van der Waals surface area contributed by atoms with Gasteiger partial charge in [0.25, 0.3) is 5.91 Å². The third-order valence-corrected chi connectivity index (χ3v) is 5.30. The molecule has 2 fully saturated rings. The fourth-order valence-electron chi connectivity index (χ4n) is 3.91. The van der Waals surface area contributed by atoms with E-state index in [-0.39, 0.29) is 24.1 Å². The van der Waals surface area contributed by atoms with E-state index in [2.05, 4.69) is 27.1 Å². The van der Waals surface area contributed by atoms with Gasteiger partial charge in [0.05, 0.1) is 0 Å². The Balaban J connectivity index is 1.54. The number of hydrogen-bond donors (Lipinski definition) is 3. The lowest BCUT2D eigenvalue weighted by atomic mass is 10.0. The fraction of sp³-hybridized carbons (Fsp3) is 0.500. The van der Waals surface area contributed by atoms with Gasteiger partial charge < -0.3 is 4.90 Å². The summed E-state index contributed by atoms with van der Waals surface area (Å²) in [4.78, 5) is 40.4. The number of nitrogens with one attached hydrogen (secondary N) is 3. The highest BCUT2D eigenvalue weighted by atomic mass is 16.2. The normalized spacial score (nSPS) is 24.4. The molecule has 0 aromatic heterocycles. The molecule has 0 aliphatic carbocycles. The van der Waals surface area contributed by atoms with Crippen LogP contribution in [0, 0.1) is 0 Å². The van der Waals surface area contributed by atoms with Crippen molar-refractivity contribution in [3.8, 4) is 0 Å². The van der Waals surface area contributed by atoms with E-state index in [1.165, 1.54) is 0 Å². The number of fused-ring (bicyclic) bond motifs is 1. The van der Waals surface area contributed by atoms with E-state index in [4.69, 9.17) is 0 Å². The molecule has 0 radical (unpaired) electrons. The van der Waals surface area contributed by atoms with Crippen molar-refractivity contribution in [2.24, 2.45) is 0 Å². The van der Waals surface area contributed by atoms with Crippen LogP contribution in [0.25, 0.3) is 0 Å². The number of hydrogen-bond acceptors (Lipinski definition) is 6. The van der Waals surface area contributed by atoms with Crippen molar-refractivity contribution in [2.75, 3.05) is 26.2 Å². The molecule has 3 heterocycles. The number of carbonyl (C=O) groups is 3. The van der Waals surface area contributed by atoms with E-state index in [0.717, 1.165) is 43.9 Å². The second kappa shape index (κ2) is 7.14. The number of imide groups is 1. The summed E-state index contributed by atoms with van der Waals surface area (Å²) in [5.74, 6) is -0.747. The van der Waals surface area contributed by atoms with Gasteiger partial charge in [-0.05, 0) is 23.6 Å². The van der Waals surface area contributed by atoms with E-state index in [0.29, 0.717) is 18.5 Å². The summed E-state index contributed by atoms with van der Waals surface area (Å²) in [6.07, 6.45) is 0.667. The van der Waals surface area contributed by atoms with Crippen molar-refractivity contribution in [2.45, 2.75) is 32.0 Å². The smallest absolute Gasteiger partial charge is 0.255 e. The molecule has 1 atom stereocenters. The highest BCUT2D eigenvalue weighted by Crippen LogP contribution is 2.30. The Labute approximate surface area is 151 Å². The van der Waals surface area contributed by atoms with Gasteiger partial charge in [-0.1, -0.05) is 12.1 Å². The molecule has 0 bridgehead atoms. The second-order valence-corrected chi connectivity index (χ2v) is 6.97. The van der Waals surface area contributed by atoms with Crippen LogP contribution in [-0.4, -0.2) is 59.7 Å². The monoisotopic (exact) mass is 357 g/mol. The van der Waals surface area contributed by atoms with Crippen molar-refractivity contribution < 1.29 is 14.4 Å². The zero-order valence-corrected chi connectivity index (χ0v) is 14.6. The van der Waals surface area contributed by atoms with E-state index in [1.807, 2.05) is 12.1 Å². The van der Waals surface area contributed by atoms with Crippen LogP contribution in [-0.2, 0) is 22.7 Å². The summed E-state index contributed by atoms with van der Waals surface area (Å²) in [6.45, 7) is 4.82. The van der Waals surface area contributed by atoms with Crippen LogP contribution in [0.3, 0.4) is 0 Å². The summed E-state index contributed by atoms with van der Waals surface area (Å²) in [7, 11) is 0. The van der Waals surface area contributed by atoms with Crippen LogP contribution in [0.2, 0.25) is 0 Å². The lowest BCUT2D eigenvalue weighted by Gasteiger charge is -2.29. The number of piperidine rings is 1. The van der Waals surface area contributed by atoms with Crippen molar-refractivity contribution in [3.63, 3.8) is 0 Å². The summed E-state index contributed by atoms with van der Waals surface area (Å²) >= 11 is 0. The third-order valence-electron chi connectivity index (χ3n) is 5.30. The molecule has 4 rings (SSSR count). The molecule has 26 heavy (non-hydrogen) atoms. The first-order valence-electron chi connectivity index (χ1n) is 9.07. The molecule has 3 aliphatic heterocycles. The summed E-state index contributed by atoms with van der Waals surface area (Å²) in [5, 5.41) is 2.35. The average Bonchev–Trinajstić information content (AvgIpc) is 2.80. The highest BCUT2D eigenvalue weighted by molar-refractivity contribution is 6.05. The van der Waals surface area contributed by atoms with Gasteiger partial charge in [-0.2, -0.15) is 0 Å². The molecular weight excluding hydrogens is 334 g/mol. The maximum Gasteiger partial charge on any atom is 0.255 e. The predicted molar refractivity (Wildman–Crippen MR) is 93.8 cm³/mol. The maximum atomic E-state index is 12.8. The summed E-state index contributed by atoms with van der Waals surface area (Å²) in [5.41, 5.74) is 9.13. The van der Waals surface area contributed by atoms with Crippen molar-refractivity contribution in [3.05, 3.63) is 34.9 Å². The zero-order valence-electron chi connectivity index (χ0n) is 14.6. The lowest BCUT2D eigenvalue weighted by Crippen LogP contribution is -2.52. The Morgan fingerprint density at radius 2 is 1.85 bits per heavy atom. The van der Waals surface area contributed by atoms with E-state index < -0.39 is 6.04 Å². The summed E-state index contributed by atoms with van der Waals surface area (Å²) < 4.78 is 0. The first-order chi connectivity index (χ1) is 12.6. The molecule has 3 N–H and O–H groups in total. The van der Waals surface area contributed by atoms with Crippen LogP contribution in [0.4, 0.5) is 0 Å². The van der Waals surface area contributed by atoms with E-state index in [1.54, 1.807) is 4.90 Å². The van der Waals surface area contributed by atoms with Crippen LogP contribution < -0.4 is 16.2 Å². The van der Waals surface area contributed by atoms with Gasteiger partial charge in [-0.15, -0.1) is 0 Å². The van der Waals surface area contributed by atoms with Gasteiger partial charge in [-0.3, -0.25) is 35.5 Å². The Bertz CT molecular complexity index is 742. The number of rotatable bonds is 3. The largest absolute Gasteiger partial charge is 0.322 e.